The highest BCUT2D eigenvalue weighted by Gasteiger charge is 2.24. The summed E-state index contributed by atoms with van der Waals surface area (Å²) >= 11 is 0. The Morgan fingerprint density at radius 2 is 1.90 bits per heavy atom. The van der Waals surface area contributed by atoms with E-state index in [-0.39, 0.29) is 18.0 Å². The first-order valence-corrected chi connectivity index (χ1v) is 7.52. The van der Waals surface area contributed by atoms with Crippen LogP contribution >= 0.6 is 0 Å². The minimum Gasteiger partial charge on any atom is -0.465 e. The molecule has 1 heterocycles. The highest BCUT2D eigenvalue weighted by molar-refractivity contribution is 7.89. The Morgan fingerprint density at radius 1 is 1.20 bits per heavy atom. The second kappa shape index (κ2) is 5.95. The van der Waals surface area contributed by atoms with E-state index in [1.54, 1.807) is 49.4 Å². The number of terminal acetylenes is 1. The van der Waals surface area contributed by atoms with Crippen LogP contribution in [0.25, 0.3) is 0 Å². The average Bonchev–Trinajstić information content (AvgIpc) is 2.85. The van der Waals surface area contributed by atoms with Crippen molar-refractivity contribution in [2.45, 2.75) is 18.4 Å². The third-order valence-electron chi connectivity index (χ3n) is 2.78. The van der Waals surface area contributed by atoms with E-state index in [9.17, 15) is 8.42 Å². The number of benzene rings is 1. The van der Waals surface area contributed by atoms with Gasteiger partial charge in [-0.3, -0.25) is 0 Å². The average molecular weight is 289 g/mol. The molecule has 2 aromatic rings. The first kappa shape index (κ1) is 14.4. The van der Waals surface area contributed by atoms with Crippen LogP contribution in [0.5, 0.6) is 0 Å². The van der Waals surface area contributed by atoms with Gasteiger partial charge in [0.2, 0.25) is 10.0 Å². The zero-order valence-corrected chi connectivity index (χ0v) is 11.9. The Hall–Kier alpha value is -2.03. The molecule has 0 N–H and O–H groups in total. The Kier molecular flexibility index (Phi) is 4.28. The molecular formula is C15H15NO3S. The van der Waals surface area contributed by atoms with Crippen molar-refractivity contribution in [1.29, 1.82) is 0 Å². The molecule has 0 bridgehead atoms. The van der Waals surface area contributed by atoms with Crippen molar-refractivity contribution in [2.75, 3.05) is 6.54 Å². The van der Waals surface area contributed by atoms with Gasteiger partial charge in [-0.1, -0.05) is 24.1 Å². The van der Waals surface area contributed by atoms with E-state index < -0.39 is 10.0 Å². The summed E-state index contributed by atoms with van der Waals surface area (Å²) < 4.78 is 31.7. The molecule has 0 saturated heterocycles. The van der Waals surface area contributed by atoms with Gasteiger partial charge >= 0.3 is 0 Å². The lowest BCUT2D eigenvalue weighted by Gasteiger charge is -2.18. The smallest absolute Gasteiger partial charge is 0.244 e. The maximum Gasteiger partial charge on any atom is 0.244 e. The topological polar surface area (TPSA) is 50.5 Å². The Balaban J connectivity index is 2.31. The van der Waals surface area contributed by atoms with Gasteiger partial charge in [0.05, 0.1) is 18.0 Å². The van der Waals surface area contributed by atoms with E-state index in [1.165, 1.54) is 4.31 Å². The fourth-order valence-corrected chi connectivity index (χ4v) is 3.15. The minimum atomic E-state index is -3.62. The molecule has 0 aliphatic rings. The lowest BCUT2D eigenvalue weighted by atomic mass is 10.4. The zero-order valence-electron chi connectivity index (χ0n) is 11.1. The van der Waals surface area contributed by atoms with E-state index >= 15 is 0 Å². The second-order valence-electron chi connectivity index (χ2n) is 4.30. The predicted molar refractivity (Wildman–Crippen MR) is 76.3 cm³/mol. The molecule has 0 aliphatic carbocycles. The van der Waals surface area contributed by atoms with Gasteiger partial charge in [-0.05, 0) is 31.2 Å². The number of sulfonamides is 1. The van der Waals surface area contributed by atoms with Crippen molar-refractivity contribution in [3.05, 3.63) is 54.0 Å². The van der Waals surface area contributed by atoms with Gasteiger partial charge in [-0.25, -0.2) is 8.42 Å². The van der Waals surface area contributed by atoms with Crippen molar-refractivity contribution in [2.24, 2.45) is 0 Å². The van der Waals surface area contributed by atoms with Gasteiger partial charge in [0.1, 0.15) is 11.5 Å². The van der Waals surface area contributed by atoms with E-state index in [0.29, 0.717) is 5.76 Å². The van der Waals surface area contributed by atoms with Crippen LogP contribution < -0.4 is 0 Å². The molecule has 0 fully saturated rings. The molecule has 0 aliphatic heterocycles. The fraction of sp³-hybridized carbons (Fsp3) is 0.200. The van der Waals surface area contributed by atoms with E-state index in [2.05, 4.69) is 5.92 Å². The van der Waals surface area contributed by atoms with Crippen LogP contribution in [-0.2, 0) is 16.6 Å². The lowest BCUT2D eigenvalue weighted by molar-refractivity contribution is 0.382. The minimum absolute atomic E-state index is 0.00300. The normalized spacial score (nSPS) is 11.4. The molecule has 0 saturated carbocycles. The zero-order chi connectivity index (χ0) is 14.6. The van der Waals surface area contributed by atoms with Gasteiger partial charge in [-0.15, -0.1) is 6.42 Å². The number of nitrogens with zero attached hydrogens (tertiary/aromatic N) is 1. The number of hydrogen-bond donors (Lipinski definition) is 0. The van der Waals surface area contributed by atoms with Gasteiger partial charge in [0.15, 0.2) is 0 Å². The maximum atomic E-state index is 12.5. The van der Waals surface area contributed by atoms with Crippen LogP contribution in [0.1, 0.15) is 11.5 Å². The molecule has 1 aromatic heterocycles. The molecule has 20 heavy (non-hydrogen) atoms. The first-order chi connectivity index (χ1) is 9.54. The molecule has 2 rings (SSSR count). The molecule has 104 valence electrons. The molecule has 0 spiro atoms. The van der Waals surface area contributed by atoms with Crippen molar-refractivity contribution >= 4 is 10.0 Å². The van der Waals surface area contributed by atoms with Crippen LogP contribution in [0.4, 0.5) is 0 Å². The standard InChI is InChI=1S/C15H15NO3S/c1-3-11-16(12-14-10-9-13(2)19-14)20(17,18)15-7-5-4-6-8-15/h1,4-10H,11-12H2,2H3. The van der Waals surface area contributed by atoms with E-state index in [4.69, 9.17) is 10.8 Å². The monoisotopic (exact) mass is 289 g/mol. The van der Waals surface area contributed by atoms with Crippen LogP contribution in [0, 0.1) is 19.3 Å². The van der Waals surface area contributed by atoms with Crippen molar-refractivity contribution < 1.29 is 12.8 Å². The number of rotatable bonds is 5. The van der Waals surface area contributed by atoms with Crippen LogP contribution in [0.15, 0.2) is 51.8 Å². The van der Waals surface area contributed by atoms with Gasteiger partial charge < -0.3 is 4.42 Å². The SMILES string of the molecule is C#CCN(Cc1ccc(C)o1)S(=O)(=O)c1ccccc1. The fourth-order valence-electron chi connectivity index (χ4n) is 1.81. The summed E-state index contributed by atoms with van der Waals surface area (Å²) in [4.78, 5) is 0.221. The largest absolute Gasteiger partial charge is 0.465 e. The summed E-state index contributed by atoms with van der Waals surface area (Å²) in [6.45, 7) is 1.92. The molecule has 0 amide bonds. The summed E-state index contributed by atoms with van der Waals surface area (Å²) in [5, 5.41) is 0. The molecular weight excluding hydrogens is 274 g/mol. The van der Waals surface area contributed by atoms with Gasteiger partial charge in [-0.2, -0.15) is 4.31 Å². The summed E-state index contributed by atoms with van der Waals surface area (Å²) in [6.07, 6.45) is 5.28. The lowest BCUT2D eigenvalue weighted by Crippen LogP contribution is -2.30. The van der Waals surface area contributed by atoms with Crippen LogP contribution in [-0.4, -0.2) is 19.3 Å². The summed E-state index contributed by atoms with van der Waals surface area (Å²) in [7, 11) is -3.62. The van der Waals surface area contributed by atoms with Crippen LogP contribution in [0.2, 0.25) is 0 Å². The maximum absolute atomic E-state index is 12.5. The quantitative estimate of drug-likeness (QED) is 0.794. The number of hydrogen-bond acceptors (Lipinski definition) is 3. The predicted octanol–water partition coefficient (Wildman–Crippen LogP) is 2.41. The number of furan rings is 1. The molecule has 0 atom stereocenters. The van der Waals surface area contributed by atoms with Crippen molar-refractivity contribution in [1.82, 2.24) is 4.31 Å². The second-order valence-corrected chi connectivity index (χ2v) is 6.24. The van der Waals surface area contributed by atoms with E-state index in [0.717, 1.165) is 5.76 Å². The first-order valence-electron chi connectivity index (χ1n) is 6.08. The Morgan fingerprint density at radius 3 is 2.45 bits per heavy atom. The summed E-state index contributed by atoms with van der Waals surface area (Å²) in [5.74, 6) is 3.68. The van der Waals surface area contributed by atoms with Crippen LogP contribution in [0.3, 0.4) is 0 Å². The highest BCUT2D eigenvalue weighted by Crippen LogP contribution is 2.18. The Labute approximate surface area is 119 Å². The summed E-state index contributed by atoms with van der Waals surface area (Å²) in [6, 6.07) is 11.8. The number of aryl methyl sites for hydroxylation is 1. The molecule has 0 radical (unpaired) electrons. The highest BCUT2D eigenvalue weighted by atomic mass is 32.2. The third kappa shape index (κ3) is 3.10. The van der Waals surface area contributed by atoms with Gasteiger partial charge in [0.25, 0.3) is 0 Å². The Bertz CT molecular complexity index is 711. The van der Waals surface area contributed by atoms with Crippen molar-refractivity contribution in [3.8, 4) is 12.3 Å². The summed E-state index contributed by atoms with van der Waals surface area (Å²) in [5.41, 5.74) is 0. The molecule has 5 heteroatoms. The van der Waals surface area contributed by atoms with Crippen molar-refractivity contribution in [3.63, 3.8) is 0 Å². The van der Waals surface area contributed by atoms with Gasteiger partial charge in [0, 0.05) is 0 Å². The van der Waals surface area contributed by atoms with E-state index in [1.807, 2.05) is 0 Å². The third-order valence-corrected chi connectivity index (χ3v) is 4.58. The molecule has 0 unspecified atom stereocenters. The molecule has 4 nitrogen and oxygen atoms in total. The molecule has 1 aromatic carbocycles.